The molecule has 3 aromatic carbocycles. The molecule has 4 heterocycles. The van der Waals surface area contributed by atoms with Crippen molar-refractivity contribution < 1.29 is 129 Å². The van der Waals surface area contributed by atoms with Gasteiger partial charge in [0.15, 0.2) is 17.5 Å². The first kappa shape index (κ1) is 109. The SMILES string of the molecule is Cc1nnc(-c2ccc(CC(=O)NCCOCCOCCOCCNC(=O)CCOCC(COCCC(=O)NCCOCCOCCOCCNC(=O)Cc3ccc(-c4nnc(C)nn4)cc3)(COCCC(=O)NCCOCCOCCOCCNC(=O)Cc3ccc(-c4nnc(C)nn4)cc3)NC(=O)CCOCCOCCOCCOCCC(=O)ON3C(=O)CCC3=O)cc2)nn1. The second kappa shape index (κ2) is 67.8. The van der Waals surface area contributed by atoms with Gasteiger partial charge in [-0.15, -0.1) is 66.2 Å². The first-order chi connectivity index (χ1) is 64.9. The van der Waals surface area contributed by atoms with Crippen molar-refractivity contribution in [2.75, 3.05) is 251 Å². The Labute approximate surface area is 770 Å². The molecule has 47 nitrogen and oxygen atoms in total. The van der Waals surface area contributed by atoms with Gasteiger partial charge in [0.2, 0.25) is 58.8 Å². The van der Waals surface area contributed by atoms with Crippen molar-refractivity contribution in [2.24, 2.45) is 0 Å². The Bertz CT molecular complexity index is 3950. The van der Waals surface area contributed by atoms with Crippen molar-refractivity contribution in [1.29, 1.82) is 0 Å². The van der Waals surface area contributed by atoms with Crippen LogP contribution in [0.15, 0.2) is 72.8 Å². The lowest BCUT2D eigenvalue weighted by molar-refractivity contribution is -0.198. The van der Waals surface area contributed by atoms with Gasteiger partial charge >= 0.3 is 5.97 Å². The zero-order valence-electron chi connectivity index (χ0n) is 75.7. The minimum atomic E-state index is -1.44. The highest BCUT2D eigenvalue weighted by Gasteiger charge is 2.35. The Balaban J connectivity index is 0.789. The number of hydrogen-bond donors (Lipinski definition) is 7. The number of ether oxygens (including phenoxy) is 16. The van der Waals surface area contributed by atoms with Crippen molar-refractivity contribution in [3.05, 3.63) is 107 Å². The van der Waals surface area contributed by atoms with E-state index in [2.05, 4.69) is 98.4 Å². The quantitative estimate of drug-likeness (QED) is 0.0173. The number of aryl methyl sites for hydroxylation is 3. The Morgan fingerprint density at radius 2 is 0.489 bits per heavy atom. The number of rotatable bonds is 77. The summed E-state index contributed by atoms with van der Waals surface area (Å²) < 4.78 is 91.0. The maximum atomic E-state index is 13.9. The van der Waals surface area contributed by atoms with Gasteiger partial charge < -0.3 is 118 Å². The molecular formula is C86H124N20O27. The molecule has 0 bridgehead atoms. The van der Waals surface area contributed by atoms with E-state index in [9.17, 15) is 47.9 Å². The Hall–Kier alpha value is -11.3. The minimum absolute atomic E-state index is 0.0101. The lowest BCUT2D eigenvalue weighted by atomic mass is 10.0. The van der Waals surface area contributed by atoms with Gasteiger partial charge in [-0.3, -0.25) is 43.2 Å². The molecule has 0 spiro atoms. The van der Waals surface area contributed by atoms with Crippen LogP contribution in [0.3, 0.4) is 0 Å². The third-order valence-corrected chi connectivity index (χ3v) is 18.3. The lowest BCUT2D eigenvalue weighted by Gasteiger charge is -2.34. The summed E-state index contributed by atoms with van der Waals surface area (Å²) in [4.78, 5) is 131. The largest absolute Gasteiger partial charge is 0.379 e. The predicted octanol–water partition coefficient (Wildman–Crippen LogP) is -1.24. The van der Waals surface area contributed by atoms with Crippen molar-refractivity contribution >= 4 is 59.1 Å². The molecule has 133 heavy (non-hydrogen) atoms. The van der Waals surface area contributed by atoms with Crippen molar-refractivity contribution in [3.8, 4) is 34.2 Å². The average Bonchev–Trinajstić information content (AvgIpc) is 1.86. The van der Waals surface area contributed by atoms with Gasteiger partial charge in [-0.05, 0) is 37.5 Å². The molecule has 730 valence electrons. The van der Waals surface area contributed by atoms with Crippen LogP contribution in [0, 0.1) is 20.8 Å². The molecule has 7 N–H and O–H groups in total. The minimum Gasteiger partial charge on any atom is -0.379 e. The van der Waals surface area contributed by atoms with Crippen LogP contribution in [0.1, 0.15) is 79.1 Å². The van der Waals surface area contributed by atoms with Gasteiger partial charge in [-0.25, -0.2) is 4.79 Å². The molecule has 7 rings (SSSR count). The van der Waals surface area contributed by atoms with Crippen molar-refractivity contribution in [1.82, 2.24) is 103 Å². The Morgan fingerprint density at radius 3 is 0.752 bits per heavy atom. The van der Waals surface area contributed by atoms with E-state index < -0.39 is 29.2 Å². The van der Waals surface area contributed by atoms with Crippen LogP contribution < -0.4 is 37.2 Å². The number of benzene rings is 3. The van der Waals surface area contributed by atoms with Gasteiger partial charge in [0.05, 0.1) is 237 Å². The van der Waals surface area contributed by atoms with Crippen molar-refractivity contribution in [2.45, 2.75) is 90.5 Å². The van der Waals surface area contributed by atoms with E-state index in [0.29, 0.717) is 99.3 Å². The molecule has 1 aliphatic heterocycles. The molecule has 0 unspecified atom stereocenters. The van der Waals surface area contributed by atoms with Gasteiger partial charge in [-0.2, -0.15) is 0 Å². The van der Waals surface area contributed by atoms with Crippen LogP contribution in [-0.4, -0.2) is 382 Å². The summed E-state index contributed by atoms with van der Waals surface area (Å²) in [6.07, 6.45) is -0.0349. The molecule has 0 saturated carbocycles. The molecule has 0 radical (unpaired) electrons. The number of amides is 9. The molecule has 6 aromatic rings. The van der Waals surface area contributed by atoms with Crippen LogP contribution in [-0.2, 0) is 148 Å². The van der Waals surface area contributed by atoms with Gasteiger partial charge in [0.25, 0.3) is 11.8 Å². The second-order valence-corrected chi connectivity index (χ2v) is 29.3. The number of nitrogens with zero attached hydrogens (tertiary/aromatic N) is 13. The summed E-state index contributed by atoms with van der Waals surface area (Å²) in [5, 5.41) is 68.1. The second-order valence-electron chi connectivity index (χ2n) is 29.3. The number of imide groups is 1. The zero-order chi connectivity index (χ0) is 94.7. The summed E-state index contributed by atoms with van der Waals surface area (Å²) >= 11 is 0. The molecule has 3 aromatic heterocycles. The highest BCUT2D eigenvalue weighted by molar-refractivity contribution is 6.01. The van der Waals surface area contributed by atoms with E-state index in [4.69, 9.17) is 80.6 Å². The van der Waals surface area contributed by atoms with Gasteiger partial charge in [0, 0.05) is 94.5 Å². The number of aromatic nitrogens is 12. The van der Waals surface area contributed by atoms with E-state index in [0.717, 1.165) is 33.4 Å². The van der Waals surface area contributed by atoms with Crippen molar-refractivity contribution in [3.63, 3.8) is 0 Å². The fraction of sp³-hybridized carbons (Fsp3) is 0.605. The Kier molecular flexibility index (Phi) is 55.5. The zero-order valence-corrected chi connectivity index (χ0v) is 75.7. The number of nitrogens with one attached hydrogen (secondary N) is 7. The van der Waals surface area contributed by atoms with Crippen LogP contribution >= 0.6 is 0 Å². The third kappa shape index (κ3) is 50.4. The Morgan fingerprint density at radius 1 is 0.271 bits per heavy atom. The predicted molar refractivity (Wildman–Crippen MR) is 467 cm³/mol. The highest BCUT2D eigenvalue weighted by Crippen LogP contribution is 2.19. The normalized spacial score (nSPS) is 12.0. The number of hydroxylamine groups is 2. The van der Waals surface area contributed by atoms with Gasteiger partial charge in [-0.1, -0.05) is 72.8 Å². The van der Waals surface area contributed by atoms with Crippen LogP contribution in [0.25, 0.3) is 34.2 Å². The maximum Gasteiger partial charge on any atom is 0.335 e. The molecule has 0 atom stereocenters. The highest BCUT2D eigenvalue weighted by atomic mass is 16.7. The van der Waals surface area contributed by atoms with Gasteiger partial charge in [0.1, 0.15) is 5.54 Å². The summed E-state index contributed by atoms with van der Waals surface area (Å²) in [5.74, 6) is -1.35. The van der Waals surface area contributed by atoms with E-state index in [1.165, 1.54) is 0 Å². The van der Waals surface area contributed by atoms with E-state index in [-0.39, 0.29) is 291 Å². The summed E-state index contributed by atoms with van der Waals surface area (Å²) in [5.41, 5.74) is 3.20. The van der Waals surface area contributed by atoms with Crippen LogP contribution in [0.4, 0.5) is 0 Å². The monoisotopic (exact) mass is 1870 g/mol. The van der Waals surface area contributed by atoms with E-state index in [1.807, 2.05) is 72.8 Å². The molecule has 1 saturated heterocycles. The molecule has 47 heteroatoms. The molecule has 1 fully saturated rings. The van der Waals surface area contributed by atoms with E-state index >= 15 is 0 Å². The topological polar surface area (TPSA) is 570 Å². The summed E-state index contributed by atoms with van der Waals surface area (Å²) in [7, 11) is 0. The fourth-order valence-corrected chi connectivity index (χ4v) is 11.5. The molecule has 9 amide bonds. The standard InChI is InChI=1S/C86H124N20O27/c1-64-94-100-83(101-95-64)70-10-4-67(5-11-70)58-77(111)90-26-37-122-45-53-127-50-42-119-34-23-87-73(107)18-30-130-61-86(93-76(110)21-29-117-40-48-125-56-57-126-49-41-118-33-22-82(116)133-106-80(114)16-17-81(106)115,62-131-31-19-74(108)88-24-35-120-43-51-128-54-46-123-38-27-91-78(112)59-68-6-12-71(13-7-68)84-102-96-65(2)97-103-84)63-132-32-20-75(109)89-25-36-121-44-52-129-55-47-124-39-28-92-79(113)60-69-8-14-72(15-9-69)85-104-98-66(3)99-105-85/h4-15H,16-63H2,1-3H3,(H,87,107)(H,88,108)(H,89,109)(H,90,111)(H,91,112)(H,92,113)(H,93,110). The average molecular weight is 1870 g/mol. The smallest absolute Gasteiger partial charge is 0.335 e. The summed E-state index contributed by atoms with van der Waals surface area (Å²) in [6, 6.07) is 21.8. The van der Waals surface area contributed by atoms with Crippen LogP contribution in [0.2, 0.25) is 0 Å². The van der Waals surface area contributed by atoms with Crippen LogP contribution in [0.5, 0.6) is 0 Å². The lowest BCUT2D eigenvalue weighted by Crippen LogP contribution is -2.59. The molecule has 0 aliphatic carbocycles. The summed E-state index contributed by atoms with van der Waals surface area (Å²) in [6.45, 7) is 11.3. The number of carbonyl (C=O) groups excluding carboxylic acids is 10. The maximum absolute atomic E-state index is 13.9. The first-order valence-electron chi connectivity index (χ1n) is 44.0. The molecule has 1 aliphatic rings. The number of hydrogen-bond acceptors (Lipinski definition) is 39. The fourth-order valence-electron chi connectivity index (χ4n) is 11.5. The first-order valence-corrected chi connectivity index (χ1v) is 44.0. The third-order valence-electron chi connectivity index (χ3n) is 18.3. The van der Waals surface area contributed by atoms with E-state index in [1.54, 1.807) is 20.8 Å². The molecular weight excluding hydrogens is 1750 g/mol. The number of carbonyl (C=O) groups is 10.